The van der Waals surface area contributed by atoms with Crippen molar-refractivity contribution < 1.29 is 14.4 Å². The predicted molar refractivity (Wildman–Crippen MR) is 131 cm³/mol. The summed E-state index contributed by atoms with van der Waals surface area (Å²) in [5.74, 6) is -1.64. The number of benzene rings is 1. The van der Waals surface area contributed by atoms with Crippen LogP contribution in [0.5, 0.6) is 0 Å². The molecule has 0 saturated carbocycles. The molecule has 2 heterocycles. The Morgan fingerprint density at radius 1 is 1.15 bits per heavy atom. The number of anilines is 1. The number of nitrogens with two attached hydrogens (primary N) is 2. The summed E-state index contributed by atoms with van der Waals surface area (Å²) in [6.07, 6.45) is 0. The van der Waals surface area contributed by atoms with Gasteiger partial charge in [0.25, 0.3) is 11.8 Å². The van der Waals surface area contributed by atoms with Crippen LogP contribution in [0, 0.1) is 6.92 Å². The van der Waals surface area contributed by atoms with Crippen LogP contribution >= 0.6 is 22.9 Å². The number of primary amides is 1. The molecule has 1 atom stereocenters. The van der Waals surface area contributed by atoms with Crippen LogP contribution < -0.4 is 16.8 Å². The van der Waals surface area contributed by atoms with Crippen LogP contribution in [0.4, 0.5) is 5.69 Å². The first-order valence-electron chi connectivity index (χ1n) is 10.2. The van der Waals surface area contributed by atoms with E-state index in [1.807, 2.05) is 69.5 Å². The van der Waals surface area contributed by atoms with Crippen LogP contribution in [0.2, 0.25) is 0 Å². The first-order chi connectivity index (χ1) is 15.5. The highest BCUT2D eigenvalue weighted by atomic mass is 32.1. The first-order valence-corrected chi connectivity index (χ1v) is 11.9. The van der Waals surface area contributed by atoms with Crippen LogP contribution in [0.25, 0.3) is 0 Å². The van der Waals surface area contributed by atoms with Crippen LogP contribution in [0.3, 0.4) is 0 Å². The van der Waals surface area contributed by atoms with E-state index in [1.54, 1.807) is 0 Å². The van der Waals surface area contributed by atoms with E-state index in [4.69, 9.17) is 11.5 Å². The molecule has 10 heteroatoms. The molecule has 0 aliphatic rings. The predicted octanol–water partition coefficient (Wildman–Crippen LogP) is 3.49. The Morgan fingerprint density at radius 2 is 1.82 bits per heavy atom. The van der Waals surface area contributed by atoms with E-state index in [0.717, 1.165) is 22.0 Å². The molecule has 2 aromatic heterocycles. The van der Waals surface area contributed by atoms with E-state index in [2.05, 4.69) is 9.69 Å². The van der Waals surface area contributed by atoms with E-state index in [-0.39, 0.29) is 28.7 Å². The smallest absolute Gasteiger partial charge is 0.270 e. The van der Waals surface area contributed by atoms with Gasteiger partial charge in [-0.3, -0.25) is 14.4 Å². The van der Waals surface area contributed by atoms with Gasteiger partial charge >= 0.3 is 0 Å². The molecule has 0 aliphatic heterocycles. The third-order valence-electron chi connectivity index (χ3n) is 4.77. The molecule has 3 amide bonds. The SMILES string of the molecule is Cc1ccc([C@H](C(=O)NC(C)(C)C)N(Cc2cccs2)C(=O)c2snc(C(N)=O)c2N)cc1. The summed E-state index contributed by atoms with van der Waals surface area (Å²) in [4.78, 5) is 41.4. The molecule has 0 saturated heterocycles. The second-order valence-corrected chi connectivity index (χ2v) is 10.5. The van der Waals surface area contributed by atoms with Gasteiger partial charge in [0.1, 0.15) is 10.9 Å². The Labute approximate surface area is 200 Å². The highest BCUT2D eigenvalue weighted by Gasteiger charge is 2.36. The highest BCUT2D eigenvalue weighted by Crippen LogP contribution is 2.31. The summed E-state index contributed by atoms with van der Waals surface area (Å²) in [5.41, 5.74) is 12.3. The molecule has 0 aliphatic carbocycles. The Balaban J connectivity index is 2.13. The minimum absolute atomic E-state index is 0.0704. The number of thiophene rings is 1. The van der Waals surface area contributed by atoms with Crippen molar-refractivity contribution in [3.05, 3.63) is 68.4 Å². The van der Waals surface area contributed by atoms with Crippen molar-refractivity contribution in [3.8, 4) is 0 Å². The van der Waals surface area contributed by atoms with E-state index in [9.17, 15) is 14.4 Å². The molecule has 0 fully saturated rings. The van der Waals surface area contributed by atoms with Gasteiger partial charge in [0, 0.05) is 10.4 Å². The summed E-state index contributed by atoms with van der Waals surface area (Å²) in [5, 5.41) is 4.89. The Morgan fingerprint density at radius 3 is 2.33 bits per heavy atom. The van der Waals surface area contributed by atoms with Crippen molar-refractivity contribution in [2.75, 3.05) is 5.73 Å². The molecule has 0 radical (unpaired) electrons. The van der Waals surface area contributed by atoms with Crippen molar-refractivity contribution in [1.29, 1.82) is 0 Å². The molecule has 3 rings (SSSR count). The van der Waals surface area contributed by atoms with Crippen LogP contribution in [-0.2, 0) is 11.3 Å². The standard InChI is InChI=1S/C23H27N5O3S2/c1-13-7-9-14(10-8-13)18(21(30)26-23(2,3)4)28(12-15-6-5-11-32-15)22(31)19-16(24)17(20(25)29)27-33-19/h5-11,18H,12,24H2,1-4H3,(H2,25,29)(H,26,30)/t18-/m1/s1. The van der Waals surface area contributed by atoms with E-state index >= 15 is 0 Å². The van der Waals surface area contributed by atoms with Gasteiger partial charge in [0.2, 0.25) is 5.91 Å². The molecule has 33 heavy (non-hydrogen) atoms. The van der Waals surface area contributed by atoms with Gasteiger partial charge in [-0.05, 0) is 56.2 Å². The van der Waals surface area contributed by atoms with Gasteiger partial charge in [-0.2, -0.15) is 4.37 Å². The monoisotopic (exact) mass is 485 g/mol. The van der Waals surface area contributed by atoms with Gasteiger partial charge in [-0.25, -0.2) is 0 Å². The maximum absolute atomic E-state index is 13.8. The first kappa shape index (κ1) is 24.4. The number of nitrogens with one attached hydrogen (secondary N) is 1. The molecule has 5 N–H and O–H groups in total. The zero-order chi connectivity index (χ0) is 24.3. The number of hydrogen-bond acceptors (Lipinski definition) is 7. The Kier molecular flexibility index (Phi) is 7.19. The molecule has 0 spiro atoms. The number of nitrogen functional groups attached to an aromatic ring is 1. The quantitative estimate of drug-likeness (QED) is 0.471. The number of hydrogen-bond donors (Lipinski definition) is 3. The Hall–Kier alpha value is -3.24. The molecular formula is C23H27N5O3S2. The van der Waals surface area contributed by atoms with E-state index in [1.165, 1.54) is 16.2 Å². The lowest BCUT2D eigenvalue weighted by molar-refractivity contribution is -0.127. The van der Waals surface area contributed by atoms with Crippen LogP contribution in [0.1, 0.15) is 63.0 Å². The van der Waals surface area contributed by atoms with Gasteiger partial charge in [0.15, 0.2) is 5.69 Å². The highest BCUT2D eigenvalue weighted by molar-refractivity contribution is 7.10. The number of nitrogens with zero attached hydrogens (tertiary/aromatic N) is 2. The van der Waals surface area contributed by atoms with Crippen molar-refractivity contribution in [3.63, 3.8) is 0 Å². The number of amides is 3. The summed E-state index contributed by atoms with van der Waals surface area (Å²) < 4.78 is 3.96. The largest absolute Gasteiger partial charge is 0.395 e. The van der Waals surface area contributed by atoms with Crippen molar-refractivity contribution in [1.82, 2.24) is 14.6 Å². The maximum Gasteiger partial charge on any atom is 0.270 e. The van der Waals surface area contributed by atoms with Gasteiger partial charge < -0.3 is 21.7 Å². The minimum atomic E-state index is -0.932. The Bertz CT molecular complexity index is 1150. The van der Waals surface area contributed by atoms with Crippen LogP contribution in [0.15, 0.2) is 41.8 Å². The van der Waals surface area contributed by atoms with Crippen molar-refractivity contribution in [2.24, 2.45) is 5.73 Å². The average Bonchev–Trinajstić information content (AvgIpc) is 3.36. The van der Waals surface area contributed by atoms with Crippen molar-refractivity contribution in [2.45, 2.75) is 45.8 Å². The number of carbonyl (C=O) groups excluding carboxylic acids is 3. The maximum atomic E-state index is 13.8. The molecule has 174 valence electrons. The molecule has 0 unspecified atom stereocenters. The third-order valence-corrected chi connectivity index (χ3v) is 6.49. The topological polar surface area (TPSA) is 131 Å². The second-order valence-electron chi connectivity index (χ2n) is 8.70. The molecule has 3 aromatic rings. The zero-order valence-electron chi connectivity index (χ0n) is 18.9. The number of aryl methyl sites for hydroxylation is 1. The average molecular weight is 486 g/mol. The minimum Gasteiger partial charge on any atom is -0.395 e. The fraction of sp³-hybridized carbons (Fsp3) is 0.304. The molecule has 1 aromatic carbocycles. The lowest BCUT2D eigenvalue weighted by Crippen LogP contribution is -2.49. The summed E-state index contributed by atoms with van der Waals surface area (Å²) >= 11 is 2.27. The van der Waals surface area contributed by atoms with Crippen LogP contribution in [-0.4, -0.2) is 32.5 Å². The summed E-state index contributed by atoms with van der Waals surface area (Å²) in [6, 6.07) is 10.3. The van der Waals surface area contributed by atoms with E-state index < -0.39 is 23.4 Å². The number of carbonyl (C=O) groups is 3. The van der Waals surface area contributed by atoms with Gasteiger partial charge in [-0.15, -0.1) is 11.3 Å². The third kappa shape index (κ3) is 5.77. The molecule has 8 nitrogen and oxygen atoms in total. The summed E-state index contributed by atoms with van der Waals surface area (Å²) in [7, 11) is 0. The van der Waals surface area contributed by atoms with Gasteiger partial charge in [0.05, 0.1) is 12.2 Å². The fourth-order valence-corrected chi connectivity index (χ4v) is 4.73. The lowest BCUT2D eigenvalue weighted by Gasteiger charge is -2.33. The van der Waals surface area contributed by atoms with Gasteiger partial charge in [-0.1, -0.05) is 35.9 Å². The molecular weight excluding hydrogens is 458 g/mol. The van der Waals surface area contributed by atoms with E-state index in [0.29, 0.717) is 5.56 Å². The zero-order valence-corrected chi connectivity index (χ0v) is 20.5. The number of rotatable bonds is 7. The fourth-order valence-electron chi connectivity index (χ4n) is 3.27. The molecule has 0 bridgehead atoms. The lowest BCUT2D eigenvalue weighted by atomic mass is 10.00. The summed E-state index contributed by atoms with van der Waals surface area (Å²) in [6.45, 7) is 7.76. The second kappa shape index (κ2) is 9.72. The van der Waals surface area contributed by atoms with Crippen molar-refractivity contribution >= 4 is 46.3 Å². The number of aromatic nitrogens is 1. The normalized spacial score (nSPS) is 12.2.